The molecule has 8 rings (SSSR count). The summed E-state index contributed by atoms with van der Waals surface area (Å²) in [6.07, 6.45) is 3.70. The Morgan fingerprint density at radius 3 is 1.24 bits per heavy atom. The smallest absolute Gasteiger partial charge is 0.289 e. The molecular formula is C59H66ClN9O5. The van der Waals surface area contributed by atoms with Gasteiger partial charge in [-0.1, -0.05) is 172 Å². The van der Waals surface area contributed by atoms with Gasteiger partial charge < -0.3 is 31.7 Å². The number of halogens is 1. The highest BCUT2D eigenvalue weighted by atomic mass is 35.5. The van der Waals surface area contributed by atoms with Crippen molar-refractivity contribution in [2.75, 3.05) is 44.6 Å². The minimum absolute atomic E-state index is 0. The van der Waals surface area contributed by atoms with Gasteiger partial charge >= 0.3 is 0 Å². The van der Waals surface area contributed by atoms with Crippen molar-refractivity contribution in [3.05, 3.63) is 209 Å². The second-order valence-corrected chi connectivity index (χ2v) is 17.1. The van der Waals surface area contributed by atoms with E-state index in [9.17, 15) is 19.2 Å². The normalized spacial score (nSPS) is 10.6. The number of amides is 4. The molecule has 2 aromatic heterocycles. The maximum atomic E-state index is 13.1. The Labute approximate surface area is 438 Å². The zero-order valence-corrected chi connectivity index (χ0v) is 40.6. The standard InChI is InChI=1S/C31H35N5O3.C26H23ClN4O2.2CH4/c37-22-11-3-10-19-32-28-25-17-8-9-18-26(25)35-29(36-28)31(39)34-21-12-20-33-30(38)27(23-13-4-1-5-14-23)24-15-6-2-7-16-24;27-23-20-14-7-8-15-21(20)30-24(31-23)26(33)29-17-9-16-28-25(32)22(18-10-3-1-4-11-18)19-12-5-2-6-13-19;;/h1-2,4-9,13-18,27,37H,3,10-12,19-22H2,(H,33,38)(H,34,39)(H,32,35,36);1-8,10-15,22H,9,16-17H2,(H,28,32)(H,29,33);2*1H4. The van der Waals surface area contributed by atoms with Crippen LogP contribution in [0.4, 0.5) is 5.82 Å². The Morgan fingerprint density at radius 1 is 0.419 bits per heavy atom. The summed E-state index contributed by atoms with van der Waals surface area (Å²) in [6.45, 7) is 2.47. The fraction of sp³-hybridized carbons (Fsp3) is 0.254. The molecule has 8 aromatic rings. The van der Waals surface area contributed by atoms with Crippen molar-refractivity contribution in [3.8, 4) is 0 Å². The summed E-state index contributed by atoms with van der Waals surface area (Å²) in [5.74, 6) is -0.968. The van der Waals surface area contributed by atoms with Crippen molar-refractivity contribution in [2.24, 2.45) is 0 Å². The number of unbranched alkanes of at least 4 members (excludes halogenated alkanes) is 2. The van der Waals surface area contributed by atoms with Crippen LogP contribution in [0.15, 0.2) is 170 Å². The van der Waals surface area contributed by atoms with Crippen molar-refractivity contribution >= 4 is 62.9 Å². The van der Waals surface area contributed by atoms with Gasteiger partial charge in [-0.05, 0) is 78.6 Å². The molecule has 15 heteroatoms. The van der Waals surface area contributed by atoms with Crippen LogP contribution in [0, 0.1) is 0 Å². The lowest BCUT2D eigenvalue weighted by atomic mass is 9.90. The maximum Gasteiger partial charge on any atom is 0.289 e. The van der Waals surface area contributed by atoms with Gasteiger partial charge in [0.15, 0.2) is 0 Å². The predicted octanol–water partition coefficient (Wildman–Crippen LogP) is 9.90. The van der Waals surface area contributed by atoms with E-state index in [1.807, 2.05) is 158 Å². The molecule has 384 valence electrons. The zero-order chi connectivity index (χ0) is 50.3. The maximum absolute atomic E-state index is 13.1. The molecule has 0 aliphatic carbocycles. The average Bonchev–Trinajstić information content (AvgIpc) is 3.42. The van der Waals surface area contributed by atoms with E-state index in [1.54, 1.807) is 12.1 Å². The Morgan fingerprint density at radius 2 is 0.797 bits per heavy atom. The Bertz CT molecular complexity index is 2930. The molecule has 6 aromatic carbocycles. The SMILES string of the molecule is C.C.O=C(NCCCNC(=O)C(c1ccccc1)c1ccccc1)c1nc(Cl)c2ccccc2n1.O=C(NCCCNC(=O)C(c1ccccc1)c1ccccc1)c1nc(NCCCCCO)c2ccccc2n1. The number of aromatic nitrogens is 4. The molecule has 0 fully saturated rings. The lowest BCUT2D eigenvalue weighted by Gasteiger charge is -2.18. The predicted molar refractivity (Wildman–Crippen MR) is 296 cm³/mol. The molecule has 0 bridgehead atoms. The lowest BCUT2D eigenvalue weighted by Crippen LogP contribution is -2.33. The van der Waals surface area contributed by atoms with Gasteiger partial charge in [0.25, 0.3) is 11.8 Å². The van der Waals surface area contributed by atoms with E-state index in [1.165, 1.54) is 0 Å². The number of carbonyl (C=O) groups excluding carboxylic acids is 4. The van der Waals surface area contributed by atoms with Gasteiger partial charge in [0.2, 0.25) is 23.5 Å². The number of hydrogen-bond donors (Lipinski definition) is 6. The molecule has 0 aliphatic rings. The van der Waals surface area contributed by atoms with Crippen LogP contribution in [0.2, 0.25) is 5.15 Å². The third kappa shape index (κ3) is 16.2. The first-order chi connectivity index (χ1) is 35.3. The van der Waals surface area contributed by atoms with Crippen LogP contribution in [-0.2, 0) is 9.59 Å². The summed E-state index contributed by atoms with van der Waals surface area (Å²) in [5.41, 5.74) is 5.03. The van der Waals surface area contributed by atoms with Crippen LogP contribution < -0.4 is 26.6 Å². The molecule has 14 nitrogen and oxygen atoms in total. The first-order valence-corrected chi connectivity index (χ1v) is 24.5. The second kappa shape index (κ2) is 30.1. The topological polar surface area (TPSA) is 200 Å². The van der Waals surface area contributed by atoms with E-state index >= 15 is 0 Å². The van der Waals surface area contributed by atoms with Gasteiger partial charge in [-0.15, -0.1) is 0 Å². The lowest BCUT2D eigenvalue weighted by molar-refractivity contribution is -0.122. The summed E-state index contributed by atoms with van der Waals surface area (Å²) < 4.78 is 0. The van der Waals surface area contributed by atoms with Gasteiger partial charge in [0.1, 0.15) is 11.0 Å². The van der Waals surface area contributed by atoms with Gasteiger partial charge in [-0.25, -0.2) is 19.9 Å². The third-order valence-electron chi connectivity index (χ3n) is 11.6. The number of anilines is 1. The Kier molecular flexibility index (Phi) is 23.1. The van der Waals surface area contributed by atoms with E-state index in [2.05, 4.69) is 46.5 Å². The fourth-order valence-corrected chi connectivity index (χ4v) is 8.25. The number of nitrogens with zero attached hydrogens (tertiary/aromatic N) is 4. The van der Waals surface area contributed by atoms with Crippen LogP contribution in [0.3, 0.4) is 0 Å². The highest BCUT2D eigenvalue weighted by Gasteiger charge is 2.24. The minimum atomic E-state index is -0.402. The van der Waals surface area contributed by atoms with Crippen LogP contribution in [-0.4, -0.2) is 88.0 Å². The first-order valence-electron chi connectivity index (χ1n) is 24.2. The molecule has 74 heavy (non-hydrogen) atoms. The summed E-state index contributed by atoms with van der Waals surface area (Å²) in [6, 6.07) is 53.6. The molecule has 0 spiro atoms. The van der Waals surface area contributed by atoms with Crippen molar-refractivity contribution in [1.82, 2.24) is 41.2 Å². The third-order valence-corrected chi connectivity index (χ3v) is 11.9. The van der Waals surface area contributed by atoms with Crippen LogP contribution in [0.5, 0.6) is 0 Å². The number of carbonyl (C=O) groups is 4. The number of hydrogen-bond acceptors (Lipinski definition) is 10. The first kappa shape index (κ1) is 56.8. The van der Waals surface area contributed by atoms with Gasteiger partial charge in [-0.2, -0.15) is 0 Å². The van der Waals surface area contributed by atoms with Gasteiger partial charge in [-0.3, -0.25) is 19.2 Å². The second-order valence-electron chi connectivity index (χ2n) is 16.8. The molecule has 0 aliphatic heterocycles. The number of para-hydroxylation sites is 2. The van der Waals surface area contributed by atoms with Gasteiger partial charge in [0, 0.05) is 50.1 Å². The molecule has 2 heterocycles. The number of fused-ring (bicyclic) bond motifs is 2. The van der Waals surface area contributed by atoms with Crippen molar-refractivity contribution in [1.29, 1.82) is 0 Å². The highest BCUT2D eigenvalue weighted by Crippen LogP contribution is 2.27. The fourth-order valence-electron chi connectivity index (χ4n) is 8.01. The Hall–Kier alpha value is -8.07. The highest BCUT2D eigenvalue weighted by molar-refractivity contribution is 6.34. The summed E-state index contributed by atoms with van der Waals surface area (Å²) in [5, 5.41) is 25.7. The van der Waals surface area contributed by atoms with E-state index in [0.29, 0.717) is 67.8 Å². The summed E-state index contributed by atoms with van der Waals surface area (Å²) >= 11 is 6.18. The molecule has 0 saturated heterocycles. The number of aliphatic hydroxyl groups is 1. The molecule has 0 atom stereocenters. The number of rotatable bonds is 22. The number of nitrogens with one attached hydrogen (secondary N) is 5. The average molecular weight is 1020 g/mol. The van der Waals surface area contributed by atoms with Crippen molar-refractivity contribution in [2.45, 2.75) is 58.8 Å². The monoisotopic (exact) mass is 1020 g/mol. The number of aliphatic hydroxyl groups excluding tert-OH is 1. The minimum Gasteiger partial charge on any atom is -0.396 e. The quantitative estimate of drug-likeness (QED) is 0.0281. The molecule has 6 N–H and O–H groups in total. The van der Waals surface area contributed by atoms with E-state index in [4.69, 9.17) is 16.7 Å². The summed E-state index contributed by atoms with van der Waals surface area (Å²) in [4.78, 5) is 68.7. The van der Waals surface area contributed by atoms with E-state index in [-0.39, 0.29) is 56.0 Å². The molecule has 0 unspecified atom stereocenters. The van der Waals surface area contributed by atoms with Crippen molar-refractivity contribution in [3.63, 3.8) is 0 Å². The number of benzene rings is 6. The van der Waals surface area contributed by atoms with Crippen LogP contribution in [0.25, 0.3) is 21.8 Å². The van der Waals surface area contributed by atoms with Crippen LogP contribution in [0.1, 0.15) is 102 Å². The largest absolute Gasteiger partial charge is 0.396 e. The van der Waals surface area contributed by atoms with Crippen molar-refractivity contribution < 1.29 is 24.3 Å². The van der Waals surface area contributed by atoms with E-state index < -0.39 is 17.7 Å². The zero-order valence-electron chi connectivity index (χ0n) is 39.8. The van der Waals surface area contributed by atoms with Gasteiger partial charge in [0.05, 0.1) is 22.9 Å². The molecule has 0 radical (unpaired) electrons. The molecule has 4 amide bonds. The molecular weight excluding hydrogens is 950 g/mol. The van der Waals surface area contributed by atoms with E-state index in [0.717, 1.165) is 46.9 Å². The summed E-state index contributed by atoms with van der Waals surface area (Å²) in [7, 11) is 0. The Balaban J connectivity index is 0.000000270. The van der Waals surface area contributed by atoms with Crippen LogP contribution >= 0.6 is 11.6 Å². The molecule has 0 saturated carbocycles.